The number of carbonyl (C=O) groups is 5. The molecule has 5 amide bonds. The first-order valence-electron chi connectivity index (χ1n) is 22.8. The van der Waals surface area contributed by atoms with E-state index in [2.05, 4.69) is 29.4 Å². The second-order valence-corrected chi connectivity index (χ2v) is 19.5. The van der Waals surface area contributed by atoms with E-state index in [0.29, 0.717) is 37.0 Å². The number of carboxylic acid groups (broad SMARTS) is 1. The molecule has 350 valence electrons. The van der Waals surface area contributed by atoms with Crippen molar-refractivity contribution in [1.29, 1.82) is 0 Å². The van der Waals surface area contributed by atoms with Gasteiger partial charge in [-0.05, 0) is 102 Å². The molecule has 15 heteroatoms. The highest BCUT2D eigenvalue weighted by Gasteiger charge is 2.49. The van der Waals surface area contributed by atoms with Crippen LogP contribution in [0.15, 0.2) is 24.3 Å². The maximum Gasteiger partial charge on any atom is 0.412 e. The number of benzene rings is 1. The highest BCUT2D eigenvalue weighted by atomic mass is 16.5. The first-order valence-corrected chi connectivity index (χ1v) is 22.8. The number of hydrogen-bond donors (Lipinski definition) is 3. The van der Waals surface area contributed by atoms with Crippen LogP contribution in [0.25, 0.3) is 0 Å². The molecule has 62 heavy (non-hydrogen) atoms. The lowest BCUT2D eigenvalue weighted by Crippen LogP contribution is -2.60. The quantitative estimate of drug-likeness (QED) is 0.150. The number of rotatable bonds is 21. The van der Waals surface area contributed by atoms with Gasteiger partial charge in [-0.1, -0.05) is 53.2 Å². The molecule has 0 unspecified atom stereocenters. The Labute approximate surface area is 370 Å². The molecule has 2 heterocycles. The Hall–Kier alpha value is -3.79. The number of amides is 5. The minimum atomic E-state index is -1.05. The number of nitrogens with zero attached hydrogens (tertiary/aromatic N) is 4. The summed E-state index contributed by atoms with van der Waals surface area (Å²) in [5.41, 5.74) is 0.715. The Morgan fingerprint density at radius 3 is 2.23 bits per heavy atom. The maximum absolute atomic E-state index is 14.4. The second kappa shape index (κ2) is 22.2. The van der Waals surface area contributed by atoms with Crippen LogP contribution in [0.3, 0.4) is 0 Å². The summed E-state index contributed by atoms with van der Waals surface area (Å²) in [5, 5.41) is 16.2. The van der Waals surface area contributed by atoms with E-state index in [1.54, 1.807) is 46.3 Å². The minimum Gasteiger partial charge on any atom is -0.465 e. The first-order chi connectivity index (χ1) is 29.2. The summed E-state index contributed by atoms with van der Waals surface area (Å²) in [6.45, 7) is 16.0. The van der Waals surface area contributed by atoms with Crippen molar-refractivity contribution < 1.29 is 43.3 Å². The van der Waals surface area contributed by atoms with Crippen molar-refractivity contribution in [1.82, 2.24) is 25.3 Å². The SMILES string of the molecule is CC[C@H](C)[C@@H]([C@@H](CC(=O)N1CCC[C@H]1[C@H](OC)[C@@H](C)C(=O)N[C@H](COC)Cc1cccc(N(C(=O)O)C(C)(C)C)c1)OC)N(C)C(=O)[C@@H](NC(=O)[C@@H]1[C@H]2CC[C@H](C2)N1C)C(C)C. The summed E-state index contributed by atoms with van der Waals surface area (Å²) < 4.78 is 17.6. The van der Waals surface area contributed by atoms with Crippen LogP contribution >= 0.6 is 0 Å². The standard InChI is InChI=1S/C47H78N6O9/c1-14-29(4)40(51(10)45(57)39(28(2)3)49-44(56)41-32-20-21-34(25-32)50(41)9)37(61-12)26-38(54)52-22-16-19-36(52)42(62-13)30(5)43(55)48-33(27-60-11)23-31-17-15-18-35(24-31)53(46(58)59)47(6,7)8/h15,17-18,24,28-30,32-34,36-37,39-42H,14,16,19-23,25-27H2,1-13H3,(H,48,55)(H,49,56)(H,58,59)/t29-,30+,32-,33-,34+,36-,37+,39-,40-,41-,42+/m0/s1. The van der Waals surface area contributed by atoms with Gasteiger partial charge < -0.3 is 39.8 Å². The molecule has 2 aliphatic heterocycles. The van der Waals surface area contributed by atoms with E-state index in [1.165, 1.54) is 4.90 Å². The molecular weight excluding hydrogens is 793 g/mol. The zero-order valence-corrected chi connectivity index (χ0v) is 39.8. The second-order valence-electron chi connectivity index (χ2n) is 19.5. The van der Waals surface area contributed by atoms with Gasteiger partial charge in [0.2, 0.25) is 23.6 Å². The van der Waals surface area contributed by atoms with Crippen LogP contribution in [0.2, 0.25) is 0 Å². The highest BCUT2D eigenvalue weighted by Crippen LogP contribution is 2.41. The summed E-state index contributed by atoms with van der Waals surface area (Å²) >= 11 is 0. The first kappa shape index (κ1) is 50.9. The topological polar surface area (TPSA) is 170 Å². The number of hydrogen-bond acceptors (Lipinski definition) is 9. The molecule has 2 bridgehead atoms. The molecule has 0 spiro atoms. The molecule has 4 rings (SSSR count). The molecular formula is C47H78N6O9. The fourth-order valence-electron chi connectivity index (χ4n) is 10.5. The number of carbonyl (C=O) groups excluding carboxylic acids is 4. The summed E-state index contributed by atoms with van der Waals surface area (Å²) in [6.07, 6.45) is 3.42. The smallest absolute Gasteiger partial charge is 0.412 e. The van der Waals surface area contributed by atoms with E-state index in [1.807, 2.05) is 64.8 Å². The van der Waals surface area contributed by atoms with Gasteiger partial charge in [-0.2, -0.15) is 0 Å². The molecule has 0 radical (unpaired) electrons. The summed E-state index contributed by atoms with van der Waals surface area (Å²) in [6, 6.07) is 5.50. The Morgan fingerprint density at radius 1 is 0.984 bits per heavy atom. The van der Waals surface area contributed by atoms with Crippen molar-refractivity contribution in [2.24, 2.45) is 23.7 Å². The monoisotopic (exact) mass is 871 g/mol. The minimum absolute atomic E-state index is 0.0226. The van der Waals surface area contributed by atoms with Crippen LogP contribution in [0.5, 0.6) is 0 Å². The van der Waals surface area contributed by atoms with Crippen LogP contribution in [0.1, 0.15) is 106 Å². The van der Waals surface area contributed by atoms with Gasteiger partial charge in [0, 0.05) is 52.2 Å². The fourth-order valence-corrected chi connectivity index (χ4v) is 10.5. The van der Waals surface area contributed by atoms with E-state index in [0.717, 1.165) is 37.7 Å². The zero-order chi connectivity index (χ0) is 46.2. The Morgan fingerprint density at radius 2 is 1.68 bits per heavy atom. The number of ether oxygens (including phenoxy) is 3. The molecule has 11 atom stereocenters. The van der Waals surface area contributed by atoms with Crippen molar-refractivity contribution in [3.05, 3.63) is 29.8 Å². The van der Waals surface area contributed by atoms with Gasteiger partial charge in [0.15, 0.2) is 0 Å². The fraction of sp³-hybridized carbons (Fsp3) is 0.766. The van der Waals surface area contributed by atoms with E-state index < -0.39 is 47.9 Å². The molecule has 1 aromatic carbocycles. The number of likely N-dealkylation sites (N-methyl/N-ethyl adjacent to an activating group) is 2. The van der Waals surface area contributed by atoms with E-state index in [9.17, 15) is 29.1 Å². The van der Waals surface area contributed by atoms with Crippen molar-refractivity contribution in [3.8, 4) is 0 Å². The predicted octanol–water partition coefficient (Wildman–Crippen LogP) is 5.19. The Bertz CT molecular complexity index is 1680. The molecule has 1 saturated carbocycles. The lowest BCUT2D eigenvalue weighted by molar-refractivity contribution is -0.148. The average Bonchev–Trinajstić information content (AvgIpc) is 3.96. The average molecular weight is 871 g/mol. The van der Waals surface area contributed by atoms with E-state index >= 15 is 0 Å². The number of fused-ring (bicyclic) bond motifs is 2. The lowest BCUT2D eigenvalue weighted by Gasteiger charge is -2.41. The predicted molar refractivity (Wildman–Crippen MR) is 240 cm³/mol. The van der Waals surface area contributed by atoms with Gasteiger partial charge in [0.25, 0.3) is 0 Å². The molecule has 3 N–H and O–H groups in total. The van der Waals surface area contributed by atoms with Gasteiger partial charge in [-0.15, -0.1) is 0 Å². The maximum atomic E-state index is 14.4. The van der Waals surface area contributed by atoms with E-state index in [-0.39, 0.29) is 60.6 Å². The molecule has 2 saturated heterocycles. The number of methoxy groups -OCH3 is 3. The third-order valence-electron chi connectivity index (χ3n) is 13.9. The number of likely N-dealkylation sites (tertiary alicyclic amines) is 2. The summed E-state index contributed by atoms with van der Waals surface area (Å²) in [4.78, 5) is 75.6. The normalized spacial score (nSPS) is 23.6. The van der Waals surface area contributed by atoms with Crippen LogP contribution < -0.4 is 15.5 Å². The highest BCUT2D eigenvalue weighted by molar-refractivity contribution is 5.91. The van der Waals surface area contributed by atoms with Gasteiger partial charge in [-0.3, -0.25) is 29.0 Å². The lowest BCUT2D eigenvalue weighted by atomic mass is 9.89. The van der Waals surface area contributed by atoms with Gasteiger partial charge >= 0.3 is 6.09 Å². The van der Waals surface area contributed by atoms with Crippen LogP contribution in [0, 0.1) is 23.7 Å². The number of piperidine rings is 1. The van der Waals surface area contributed by atoms with Crippen molar-refractivity contribution in [2.45, 2.75) is 161 Å². The summed E-state index contributed by atoms with van der Waals surface area (Å²) in [5.74, 6) is -1.20. The molecule has 1 aliphatic carbocycles. The number of nitrogens with one attached hydrogen (secondary N) is 2. The van der Waals surface area contributed by atoms with Gasteiger partial charge in [-0.25, -0.2) is 4.79 Å². The third-order valence-corrected chi connectivity index (χ3v) is 13.9. The van der Waals surface area contributed by atoms with E-state index in [4.69, 9.17) is 14.2 Å². The molecule has 3 aliphatic rings. The molecule has 3 fully saturated rings. The molecule has 15 nitrogen and oxygen atoms in total. The van der Waals surface area contributed by atoms with Crippen LogP contribution in [0.4, 0.5) is 10.5 Å². The van der Waals surface area contributed by atoms with Crippen LogP contribution in [-0.4, -0.2) is 152 Å². The Balaban J connectivity index is 1.46. The molecule has 0 aromatic heterocycles. The number of anilines is 1. The van der Waals surface area contributed by atoms with Crippen molar-refractivity contribution in [3.63, 3.8) is 0 Å². The largest absolute Gasteiger partial charge is 0.465 e. The zero-order valence-electron chi connectivity index (χ0n) is 39.8. The Kier molecular flexibility index (Phi) is 18.2. The third kappa shape index (κ3) is 11.9. The summed E-state index contributed by atoms with van der Waals surface area (Å²) in [7, 11) is 8.47. The molecule has 1 aromatic rings. The van der Waals surface area contributed by atoms with Gasteiger partial charge in [0.1, 0.15) is 6.04 Å². The van der Waals surface area contributed by atoms with Crippen molar-refractivity contribution >= 4 is 35.4 Å². The van der Waals surface area contributed by atoms with Crippen molar-refractivity contribution in [2.75, 3.05) is 53.5 Å². The van der Waals surface area contributed by atoms with Gasteiger partial charge in [0.05, 0.1) is 55.3 Å². The van der Waals surface area contributed by atoms with Crippen LogP contribution in [-0.2, 0) is 39.8 Å².